The van der Waals surface area contributed by atoms with E-state index in [4.69, 9.17) is 18.9 Å². The molecule has 4 aromatic rings. The molecule has 4 aromatic carbocycles. The molecule has 4 aliphatic rings. The lowest BCUT2D eigenvalue weighted by Crippen LogP contribution is -2.25. The normalized spacial score (nSPS) is 23.8. The fourth-order valence-corrected chi connectivity index (χ4v) is 13.2. The Morgan fingerprint density at radius 2 is 0.842 bits per heavy atom. The number of halogens is 2. The minimum absolute atomic E-state index is 0.187. The molecule has 4 fully saturated rings. The Balaban J connectivity index is 0.000000224. The Labute approximate surface area is 461 Å². The zero-order chi connectivity index (χ0) is 53.2. The van der Waals surface area contributed by atoms with Crippen LogP contribution in [0.15, 0.2) is 84.9 Å². The Hall–Kier alpha value is -3.90. The second-order valence-electron chi connectivity index (χ2n) is 24.0. The number of aryl methyl sites for hydroxylation is 2. The predicted molar refractivity (Wildman–Crippen MR) is 313 cm³/mol. The average molecular weight is 1050 g/mol. The van der Waals surface area contributed by atoms with E-state index in [0.29, 0.717) is 29.8 Å². The number of ether oxygens (including phenoxy) is 4. The molecule has 0 unspecified atom stereocenters. The Bertz CT molecular complexity index is 2140. The van der Waals surface area contributed by atoms with E-state index in [1.54, 1.807) is 0 Å². The minimum atomic E-state index is -0.549. The molecule has 0 N–H and O–H groups in total. The summed E-state index contributed by atoms with van der Waals surface area (Å²) in [6.07, 6.45) is 36.4. The van der Waals surface area contributed by atoms with E-state index in [2.05, 4.69) is 76.2 Å². The summed E-state index contributed by atoms with van der Waals surface area (Å²) in [5.41, 5.74) is 5.66. The van der Waals surface area contributed by atoms with Crippen LogP contribution in [-0.4, -0.2) is 32.5 Å². The van der Waals surface area contributed by atoms with E-state index in [9.17, 15) is 0 Å². The highest BCUT2D eigenvalue weighted by Crippen LogP contribution is 2.43. The second-order valence-corrected chi connectivity index (χ2v) is 24.0. The van der Waals surface area contributed by atoms with Crippen LogP contribution in [0.4, 0.5) is 8.78 Å². The van der Waals surface area contributed by atoms with Crippen LogP contribution in [0.2, 0.25) is 0 Å². The van der Waals surface area contributed by atoms with Gasteiger partial charge in [0.15, 0.2) is 11.6 Å². The number of benzene rings is 4. The van der Waals surface area contributed by atoms with E-state index in [1.807, 2.05) is 36.4 Å². The first-order valence-electron chi connectivity index (χ1n) is 31.6. The van der Waals surface area contributed by atoms with E-state index in [1.165, 1.54) is 126 Å². The molecule has 0 heterocycles. The van der Waals surface area contributed by atoms with Crippen LogP contribution in [0.3, 0.4) is 0 Å². The van der Waals surface area contributed by atoms with Crippen LogP contribution in [0.1, 0.15) is 253 Å². The topological polar surface area (TPSA) is 36.9 Å². The highest BCUT2D eigenvalue weighted by atomic mass is 19.2. The summed E-state index contributed by atoms with van der Waals surface area (Å²) in [6, 6.07) is 30.0. The van der Waals surface area contributed by atoms with Crippen LogP contribution < -0.4 is 14.2 Å². The minimum Gasteiger partial charge on any atom is -0.494 e. The Kier molecular flexibility index (Phi) is 26.4. The first-order valence-corrected chi connectivity index (χ1v) is 31.6. The molecule has 0 amide bonds. The summed E-state index contributed by atoms with van der Waals surface area (Å²) in [4.78, 5) is 0. The van der Waals surface area contributed by atoms with Gasteiger partial charge in [0, 0.05) is 6.42 Å². The molecule has 0 saturated heterocycles. The van der Waals surface area contributed by atoms with Crippen molar-refractivity contribution < 1.29 is 27.7 Å². The lowest BCUT2D eigenvalue weighted by Gasteiger charge is -2.31. The molecule has 4 saturated carbocycles. The van der Waals surface area contributed by atoms with Crippen molar-refractivity contribution >= 4 is 0 Å². The zero-order valence-corrected chi connectivity index (χ0v) is 48.1. The van der Waals surface area contributed by atoms with E-state index in [-0.39, 0.29) is 11.8 Å². The van der Waals surface area contributed by atoms with Gasteiger partial charge in [-0.2, -0.15) is 0 Å². The molecule has 0 atom stereocenters. The fourth-order valence-electron chi connectivity index (χ4n) is 13.2. The van der Waals surface area contributed by atoms with Crippen molar-refractivity contribution in [2.24, 2.45) is 23.7 Å². The van der Waals surface area contributed by atoms with Gasteiger partial charge in [-0.3, -0.25) is 0 Å². The van der Waals surface area contributed by atoms with Gasteiger partial charge in [-0.25, -0.2) is 8.78 Å². The first kappa shape index (κ1) is 59.8. The molecule has 0 radical (unpaired) electrons. The van der Waals surface area contributed by atoms with Gasteiger partial charge in [-0.05, 0) is 234 Å². The van der Waals surface area contributed by atoms with Gasteiger partial charge in [0.25, 0.3) is 0 Å². The molecule has 76 heavy (non-hydrogen) atoms. The van der Waals surface area contributed by atoms with Crippen molar-refractivity contribution in [2.75, 3.05) is 26.4 Å². The molecule has 0 bridgehead atoms. The van der Waals surface area contributed by atoms with Crippen molar-refractivity contribution in [3.05, 3.63) is 124 Å². The first-order chi connectivity index (χ1) is 37.3. The van der Waals surface area contributed by atoms with Crippen molar-refractivity contribution in [3.8, 4) is 17.2 Å². The van der Waals surface area contributed by atoms with Gasteiger partial charge in [0.2, 0.25) is 0 Å². The monoisotopic (exact) mass is 1040 g/mol. The Morgan fingerprint density at radius 1 is 0.382 bits per heavy atom. The van der Waals surface area contributed by atoms with Crippen LogP contribution >= 0.6 is 0 Å². The molecule has 4 aliphatic carbocycles. The molecule has 6 heteroatoms. The average Bonchev–Trinajstić information content (AvgIpc) is 3.47. The summed E-state index contributed by atoms with van der Waals surface area (Å²) in [6.45, 7) is 12.0. The summed E-state index contributed by atoms with van der Waals surface area (Å²) in [5.74, 6) is 5.97. The lowest BCUT2D eigenvalue weighted by molar-refractivity contribution is 0.00816. The zero-order valence-electron chi connectivity index (χ0n) is 48.1. The molecular weight excluding hydrogens is 943 g/mol. The molecule has 8 rings (SSSR count). The summed E-state index contributed by atoms with van der Waals surface area (Å²) >= 11 is 0. The standard InChI is InChI=1S/C37H56O4.C33H46F2/c1-3-5-7-9-30-10-14-32(15-11-30)33-16-20-35(21-17-33)40-28-8-27-39-34-18-12-31(13-19-34)29-41-37-24-22-36(23-25-37)38-26-6-4-2;1-3-7-25-10-12-26(13-11-25)8-5-6-9-27-16-20-29(21-17-27)31-23-22-30(32(34)33(31)35)28-18-14-24(4-2)15-19-28/h16-17,20-25,30-32,34H,3-15,18-19,26-29H2,1-2H3;10-13,22-24,27-29H,3-9,14-21H2,1-2H3. The molecule has 4 nitrogen and oxygen atoms in total. The maximum absolute atomic E-state index is 15.1. The van der Waals surface area contributed by atoms with E-state index < -0.39 is 11.6 Å². The third-order valence-corrected chi connectivity index (χ3v) is 18.4. The lowest BCUT2D eigenvalue weighted by atomic mass is 9.75. The maximum Gasteiger partial charge on any atom is 0.162 e. The van der Waals surface area contributed by atoms with E-state index in [0.717, 1.165) is 144 Å². The SMILES string of the molecule is CCCCCC1CCC(c2ccc(OCCCOC3CCC(COc4ccc(OCCCC)cc4)CC3)cc2)CC1.CCCc1ccc(CCCCC2CCC(c3ccc(C4CCC(CC)CC4)c(F)c3F)CC2)cc1. The molecular formula is C70H102F2O4. The predicted octanol–water partition coefficient (Wildman–Crippen LogP) is 20.4. The van der Waals surface area contributed by atoms with Gasteiger partial charge in [0.05, 0.1) is 32.5 Å². The van der Waals surface area contributed by atoms with Crippen molar-refractivity contribution in [1.29, 1.82) is 0 Å². The molecule has 0 aromatic heterocycles. The highest BCUT2D eigenvalue weighted by Gasteiger charge is 2.30. The number of rotatable bonds is 28. The maximum atomic E-state index is 15.1. The largest absolute Gasteiger partial charge is 0.494 e. The number of hydrogen-bond acceptors (Lipinski definition) is 4. The molecule has 420 valence electrons. The highest BCUT2D eigenvalue weighted by molar-refractivity contribution is 5.33. The van der Waals surface area contributed by atoms with Gasteiger partial charge in [-0.15, -0.1) is 0 Å². The van der Waals surface area contributed by atoms with Gasteiger partial charge >= 0.3 is 0 Å². The van der Waals surface area contributed by atoms with Gasteiger partial charge in [0.1, 0.15) is 17.2 Å². The summed E-state index contributed by atoms with van der Waals surface area (Å²) in [7, 11) is 0. The van der Waals surface area contributed by atoms with Gasteiger partial charge < -0.3 is 18.9 Å². The Morgan fingerprint density at radius 3 is 1.37 bits per heavy atom. The second kappa shape index (κ2) is 33.5. The number of unbranched alkanes of at least 4 members (excludes halogenated alkanes) is 4. The third-order valence-electron chi connectivity index (χ3n) is 18.4. The molecule has 0 aliphatic heterocycles. The quantitative estimate of drug-likeness (QED) is 0.0531. The smallest absolute Gasteiger partial charge is 0.162 e. The van der Waals surface area contributed by atoms with Crippen LogP contribution in [0, 0.1) is 35.3 Å². The fraction of sp³-hybridized carbons (Fsp3) is 0.657. The summed E-state index contributed by atoms with van der Waals surface area (Å²) < 4.78 is 54.3. The molecule has 0 spiro atoms. The summed E-state index contributed by atoms with van der Waals surface area (Å²) in [5, 5.41) is 0. The van der Waals surface area contributed by atoms with Crippen LogP contribution in [0.5, 0.6) is 17.2 Å². The van der Waals surface area contributed by atoms with Crippen molar-refractivity contribution in [3.63, 3.8) is 0 Å². The van der Waals surface area contributed by atoms with Crippen molar-refractivity contribution in [1.82, 2.24) is 0 Å². The van der Waals surface area contributed by atoms with Gasteiger partial charge in [-0.1, -0.05) is 134 Å². The van der Waals surface area contributed by atoms with Crippen molar-refractivity contribution in [2.45, 2.75) is 244 Å². The number of hydrogen-bond donors (Lipinski definition) is 0. The van der Waals surface area contributed by atoms with E-state index >= 15 is 8.78 Å². The van der Waals surface area contributed by atoms with Crippen LogP contribution in [0.25, 0.3) is 0 Å². The third kappa shape index (κ3) is 19.8. The van der Waals surface area contributed by atoms with Crippen LogP contribution in [-0.2, 0) is 17.6 Å².